The lowest BCUT2D eigenvalue weighted by molar-refractivity contribution is 0.0944. The maximum Gasteiger partial charge on any atom is 0.274 e. The molecule has 124 valence electrons. The molecule has 3 aromatic rings. The summed E-state index contributed by atoms with van der Waals surface area (Å²) in [7, 11) is 0. The van der Waals surface area contributed by atoms with Gasteiger partial charge in [0.05, 0.1) is 12.2 Å². The van der Waals surface area contributed by atoms with Gasteiger partial charge in [-0.1, -0.05) is 22.0 Å². The molecule has 2 aromatic heterocycles. The number of aromatic nitrogens is 4. The van der Waals surface area contributed by atoms with Crippen molar-refractivity contribution >= 4 is 17.5 Å². The van der Waals surface area contributed by atoms with E-state index in [4.69, 9.17) is 16.1 Å². The highest BCUT2D eigenvalue weighted by Gasteiger charge is 2.19. The first-order valence-electron chi connectivity index (χ1n) is 7.04. The molecule has 0 saturated heterocycles. The zero-order valence-electron chi connectivity index (χ0n) is 12.9. The van der Waals surface area contributed by atoms with Crippen LogP contribution in [0.1, 0.15) is 27.6 Å². The highest BCUT2D eigenvalue weighted by Crippen LogP contribution is 2.19. The zero-order valence-corrected chi connectivity index (χ0v) is 13.6. The van der Waals surface area contributed by atoms with Gasteiger partial charge in [-0.15, -0.1) is 5.10 Å². The minimum Gasteiger partial charge on any atom is -0.361 e. The van der Waals surface area contributed by atoms with Crippen LogP contribution in [0.4, 0.5) is 4.39 Å². The normalized spacial score (nSPS) is 10.8. The molecule has 0 unspecified atom stereocenters. The molecule has 9 heteroatoms. The second kappa shape index (κ2) is 6.40. The summed E-state index contributed by atoms with van der Waals surface area (Å²) in [4.78, 5) is 12.2. The Bertz CT molecular complexity index is 905. The minimum atomic E-state index is -0.555. The van der Waals surface area contributed by atoms with Gasteiger partial charge in [0.25, 0.3) is 5.91 Å². The third-order valence-electron chi connectivity index (χ3n) is 3.35. The monoisotopic (exact) mass is 349 g/mol. The summed E-state index contributed by atoms with van der Waals surface area (Å²) in [6.45, 7) is 3.58. The van der Waals surface area contributed by atoms with Gasteiger partial charge in [0.2, 0.25) is 0 Å². The van der Waals surface area contributed by atoms with Crippen molar-refractivity contribution in [2.45, 2.75) is 20.4 Å². The molecular formula is C15H13ClFN5O2. The molecule has 0 aliphatic carbocycles. The number of halogens is 2. The van der Waals surface area contributed by atoms with Crippen LogP contribution in [-0.2, 0) is 6.54 Å². The number of aryl methyl sites for hydroxylation is 1. The lowest BCUT2D eigenvalue weighted by Crippen LogP contribution is -2.24. The van der Waals surface area contributed by atoms with Crippen LogP contribution in [-0.4, -0.2) is 26.1 Å². The number of hydrogen-bond acceptors (Lipinski definition) is 5. The van der Waals surface area contributed by atoms with Crippen LogP contribution in [0.15, 0.2) is 28.8 Å². The Kier molecular flexibility index (Phi) is 4.30. The molecule has 0 saturated carbocycles. The molecule has 0 fully saturated rings. The van der Waals surface area contributed by atoms with E-state index in [1.165, 1.54) is 22.9 Å². The van der Waals surface area contributed by atoms with Gasteiger partial charge in [0.15, 0.2) is 5.69 Å². The summed E-state index contributed by atoms with van der Waals surface area (Å²) < 4.78 is 20.2. The van der Waals surface area contributed by atoms with E-state index in [2.05, 4.69) is 20.8 Å². The quantitative estimate of drug-likeness (QED) is 0.782. The molecule has 0 atom stereocenters. The van der Waals surface area contributed by atoms with Gasteiger partial charge in [-0.25, -0.2) is 9.07 Å². The Morgan fingerprint density at radius 3 is 2.83 bits per heavy atom. The fraction of sp³-hybridized carbons (Fsp3) is 0.200. The Labute approximate surface area is 141 Å². The van der Waals surface area contributed by atoms with Crippen LogP contribution in [0.3, 0.4) is 0 Å². The smallest absolute Gasteiger partial charge is 0.274 e. The highest BCUT2D eigenvalue weighted by atomic mass is 35.5. The average Bonchev–Trinajstić information content (AvgIpc) is 3.11. The molecule has 24 heavy (non-hydrogen) atoms. The zero-order chi connectivity index (χ0) is 17.3. The van der Waals surface area contributed by atoms with Crippen molar-refractivity contribution in [2.24, 2.45) is 0 Å². The topological polar surface area (TPSA) is 85.8 Å². The molecule has 1 aromatic carbocycles. The van der Waals surface area contributed by atoms with Crippen molar-refractivity contribution in [3.63, 3.8) is 0 Å². The van der Waals surface area contributed by atoms with Crippen LogP contribution in [0.5, 0.6) is 0 Å². The minimum absolute atomic E-state index is 0.101. The molecule has 1 N–H and O–H groups in total. The molecule has 3 rings (SSSR count). The summed E-state index contributed by atoms with van der Waals surface area (Å²) in [5.74, 6) is -0.339. The molecule has 0 aliphatic heterocycles. The van der Waals surface area contributed by atoms with Crippen molar-refractivity contribution in [1.29, 1.82) is 0 Å². The number of amides is 1. The average molecular weight is 350 g/mol. The second-order valence-corrected chi connectivity index (χ2v) is 5.58. The number of carbonyl (C=O) groups excluding carboxylic acids is 1. The van der Waals surface area contributed by atoms with Crippen LogP contribution in [0.2, 0.25) is 5.02 Å². The molecule has 1 amide bonds. The van der Waals surface area contributed by atoms with Crippen molar-refractivity contribution < 1.29 is 13.7 Å². The molecule has 0 spiro atoms. The van der Waals surface area contributed by atoms with Gasteiger partial charge < -0.3 is 9.84 Å². The van der Waals surface area contributed by atoms with Gasteiger partial charge in [-0.05, 0) is 32.0 Å². The first-order valence-corrected chi connectivity index (χ1v) is 7.41. The maximum absolute atomic E-state index is 14.0. The third-order valence-corrected chi connectivity index (χ3v) is 3.59. The summed E-state index contributed by atoms with van der Waals surface area (Å²) in [5.41, 5.74) is 1.26. The summed E-state index contributed by atoms with van der Waals surface area (Å²) in [5, 5.41) is 14.4. The van der Waals surface area contributed by atoms with Gasteiger partial charge in [-0.3, -0.25) is 4.79 Å². The van der Waals surface area contributed by atoms with E-state index in [1.807, 2.05) is 0 Å². The number of nitrogens with zero attached hydrogens (tertiary/aromatic N) is 4. The molecule has 7 nitrogen and oxygen atoms in total. The molecule has 0 bridgehead atoms. The van der Waals surface area contributed by atoms with E-state index in [-0.39, 0.29) is 22.9 Å². The van der Waals surface area contributed by atoms with Gasteiger partial charge >= 0.3 is 0 Å². The van der Waals surface area contributed by atoms with Crippen LogP contribution < -0.4 is 5.32 Å². The van der Waals surface area contributed by atoms with Crippen LogP contribution in [0, 0.1) is 19.7 Å². The van der Waals surface area contributed by atoms with E-state index in [0.717, 1.165) is 0 Å². The lowest BCUT2D eigenvalue weighted by Gasteiger charge is -2.05. The van der Waals surface area contributed by atoms with E-state index < -0.39 is 11.7 Å². The van der Waals surface area contributed by atoms with Crippen LogP contribution in [0.25, 0.3) is 5.69 Å². The largest absolute Gasteiger partial charge is 0.361 e. The second-order valence-electron chi connectivity index (χ2n) is 5.14. The van der Waals surface area contributed by atoms with Crippen molar-refractivity contribution in [3.05, 3.63) is 57.9 Å². The van der Waals surface area contributed by atoms with E-state index in [1.54, 1.807) is 19.9 Å². The fourth-order valence-electron chi connectivity index (χ4n) is 2.18. The predicted molar refractivity (Wildman–Crippen MR) is 83.5 cm³/mol. The van der Waals surface area contributed by atoms with Gasteiger partial charge in [0, 0.05) is 11.1 Å². The highest BCUT2D eigenvalue weighted by molar-refractivity contribution is 6.30. The van der Waals surface area contributed by atoms with Gasteiger partial charge in [0.1, 0.15) is 23.0 Å². The number of benzene rings is 1. The van der Waals surface area contributed by atoms with Gasteiger partial charge in [-0.2, -0.15) is 0 Å². The Morgan fingerprint density at radius 2 is 2.17 bits per heavy atom. The van der Waals surface area contributed by atoms with E-state index >= 15 is 0 Å². The number of nitrogens with one attached hydrogen (secondary N) is 1. The number of rotatable bonds is 4. The third kappa shape index (κ3) is 3.13. The first-order chi connectivity index (χ1) is 11.5. The molecular weight excluding hydrogens is 337 g/mol. The number of hydrogen-bond donors (Lipinski definition) is 1. The van der Waals surface area contributed by atoms with E-state index in [0.29, 0.717) is 17.1 Å². The summed E-state index contributed by atoms with van der Waals surface area (Å²) in [6, 6.07) is 5.89. The van der Waals surface area contributed by atoms with Crippen molar-refractivity contribution in [1.82, 2.24) is 25.5 Å². The Morgan fingerprint density at radius 1 is 1.38 bits per heavy atom. The van der Waals surface area contributed by atoms with Crippen molar-refractivity contribution in [3.8, 4) is 5.69 Å². The number of carbonyl (C=O) groups is 1. The lowest BCUT2D eigenvalue weighted by atomic mass is 10.2. The summed E-state index contributed by atoms with van der Waals surface area (Å²) >= 11 is 5.74. The summed E-state index contributed by atoms with van der Waals surface area (Å²) in [6.07, 6.45) is 0. The maximum atomic E-state index is 14.0. The fourth-order valence-corrected chi connectivity index (χ4v) is 2.34. The molecule has 0 radical (unpaired) electrons. The Hall–Kier alpha value is -2.74. The molecule has 0 aliphatic rings. The van der Waals surface area contributed by atoms with Crippen molar-refractivity contribution in [2.75, 3.05) is 0 Å². The first kappa shape index (κ1) is 16.1. The standard InChI is InChI=1S/C15H13ClFN5O2/c1-8-5-11(20-24-8)7-18-15(23)14-9(2)22(21-19-14)13-4-3-10(16)6-12(13)17/h3-6H,7H2,1-2H3,(H,18,23). The van der Waals surface area contributed by atoms with Crippen LogP contribution >= 0.6 is 11.6 Å². The molecule has 2 heterocycles. The SMILES string of the molecule is Cc1cc(CNC(=O)c2nnn(-c3ccc(Cl)cc3F)c2C)no1. The Balaban J connectivity index is 1.80. The predicted octanol–water partition coefficient (Wildman–Crippen LogP) is 2.59. The van der Waals surface area contributed by atoms with E-state index in [9.17, 15) is 9.18 Å².